The van der Waals surface area contributed by atoms with Crippen molar-refractivity contribution in [3.63, 3.8) is 0 Å². The first-order chi connectivity index (χ1) is 10.3. The van der Waals surface area contributed by atoms with Crippen LogP contribution in [-0.4, -0.2) is 23.7 Å². The van der Waals surface area contributed by atoms with Gasteiger partial charge in [0, 0.05) is 0 Å². The molecule has 0 bridgehead atoms. The maximum Gasteiger partial charge on any atom is 0.390 e. The lowest BCUT2D eigenvalue weighted by atomic mass is 10.1. The molecular formula is C16H23O4PS. The normalized spacial score (nSPS) is 12.7. The third-order valence-corrected chi connectivity index (χ3v) is 7.44. The van der Waals surface area contributed by atoms with Gasteiger partial charge in [0.05, 0.1) is 18.0 Å². The summed E-state index contributed by atoms with van der Waals surface area (Å²) in [7, 11) is 0. The van der Waals surface area contributed by atoms with E-state index in [-0.39, 0.29) is 19.0 Å². The molecule has 1 aromatic rings. The molecule has 0 heterocycles. The van der Waals surface area contributed by atoms with Crippen molar-refractivity contribution in [2.24, 2.45) is 0 Å². The zero-order valence-electron chi connectivity index (χ0n) is 13.4. The van der Waals surface area contributed by atoms with Gasteiger partial charge in [-0.3, -0.25) is 4.79 Å². The van der Waals surface area contributed by atoms with Crippen molar-refractivity contribution in [3.8, 4) is 0 Å². The lowest BCUT2D eigenvalue weighted by Crippen LogP contribution is -2.26. The third kappa shape index (κ3) is 6.09. The molecule has 122 valence electrons. The average Bonchev–Trinajstić information content (AvgIpc) is 2.45. The topological polar surface area (TPSA) is 52.6 Å². The van der Waals surface area contributed by atoms with E-state index >= 15 is 0 Å². The lowest BCUT2D eigenvalue weighted by molar-refractivity contribution is -0.116. The van der Waals surface area contributed by atoms with Gasteiger partial charge in [-0.25, -0.2) is 4.57 Å². The van der Waals surface area contributed by atoms with Crippen LogP contribution in [0, 0.1) is 0 Å². The van der Waals surface area contributed by atoms with E-state index < -0.39 is 11.5 Å². The molecule has 0 unspecified atom stereocenters. The Labute approximate surface area is 136 Å². The number of rotatable bonds is 9. The summed E-state index contributed by atoms with van der Waals surface area (Å²) in [6, 6.07) is 9.55. The standard InChI is InChI=1S/C16H23O4PS/c1-5-19-21(18,20-6-2)22-16(3,4)15(17)13-12-14-10-8-7-9-11-14/h7-13H,5-6H2,1-4H3/b13-12+. The van der Waals surface area contributed by atoms with Gasteiger partial charge in [-0.05, 0) is 50.7 Å². The molecule has 0 fully saturated rings. The number of benzene rings is 1. The zero-order valence-corrected chi connectivity index (χ0v) is 15.2. The Morgan fingerprint density at radius 3 is 2.23 bits per heavy atom. The second-order valence-corrected chi connectivity index (χ2v) is 9.50. The van der Waals surface area contributed by atoms with Crippen molar-refractivity contribution in [1.29, 1.82) is 0 Å². The molecule has 0 atom stereocenters. The van der Waals surface area contributed by atoms with Gasteiger partial charge in [0.1, 0.15) is 0 Å². The molecule has 6 heteroatoms. The quantitative estimate of drug-likeness (QED) is 0.469. The third-order valence-electron chi connectivity index (χ3n) is 2.73. The fraction of sp³-hybridized carbons (Fsp3) is 0.438. The minimum absolute atomic E-state index is 0.138. The van der Waals surface area contributed by atoms with Crippen LogP contribution in [0.25, 0.3) is 6.08 Å². The summed E-state index contributed by atoms with van der Waals surface area (Å²) in [6.07, 6.45) is 3.25. The van der Waals surface area contributed by atoms with Gasteiger partial charge in [-0.15, -0.1) is 0 Å². The lowest BCUT2D eigenvalue weighted by Gasteiger charge is -2.25. The van der Waals surface area contributed by atoms with Crippen molar-refractivity contribution in [3.05, 3.63) is 42.0 Å². The van der Waals surface area contributed by atoms with E-state index in [1.54, 1.807) is 33.8 Å². The maximum absolute atomic E-state index is 12.5. The zero-order chi connectivity index (χ0) is 16.6. The number of carbonyl (C=O) groups excluding carboxylic acids is 1. The van der Waals surface area contributed by atoms with Gasteiger partial charge in [0.15, 0.2) is 5.78 Å². The molecule has 0 saturated carbocycles. The largest absolute Gasteiger partial charge is 0.390 e. The monoisotopic (exact) mass is 342 g/mol. The number of allylic oxidation sites excluding steroid dienone is 1. The van der Waals surface area contributed by atoms with Crippen LogP contribution in [0.15, 0.2) is 36.4 Å². The Balaban J connectivity index is 2.81. The molecular weight excluding hydrogens is 319 g/mol. The Kier molecular flexibility index (Phi) is 7.57. The van der Waals surface area contributed by atoms with E-state index in [0.717, 1.165) is 16.9 Å². The van der Waals surface area contributed by atoms with E-state index in [1.165, 1.54) is 6.08 Å². The van der Waals surface area contributed by atoms with E-state index in [9.17, 15) is 9.36 Å². The van der Waals surface area contributed by atoms with Gasteiger partial charge in [0.25, 0.3) is 0 Å². The van der Waals surface area contributed by atoms with E-state index in [1.807, 2.05) is 30.3 Å². The van der Waals surface area contributed by atoms with Crippen molar-refractivity contribution in [2.45, 2.75) is 32.4 Å². The van der Waals surface area contributed by atoms with Crippen LogP contribution >= 0.6 is 18.2 Å². The number of hydrogen-bond donors (Lipinski definition) is 0. The summed E-state index contributed by atoms with van der Waals surface area (Å²) in [4.78, 5) is 12.4. The summed E-state index contributed by atoms with van der Waals surface area (Å²) in [5.41, 5.74) is 0.939. The first-order valence-corrected chi connectivity index (χ1v) is 10.2. The highest BCUT2D eigenvalue weighted by atomic mass is 32.7. The first-order valence-electron chi connectivity index (χ1n) is 7.20. The van der Waals surface area contributed by atoms with Crippen LogP contribution in [0.5, 0.6) is 0 Å². The van der Waals surface area contributed by atoms with Crippen LogP contribution in [-0.2, 0) is 18.4 Å². The fourth-order valence-corrected chi connectivity index (χ4v) is 6.09. The predicted octanol–water partition coefficient (Wildman–Crippen LogP) is 4.96. The highest BCUT2D eigenvalue weighted by Crippen LogP contribution is 2.65. The smallest absolute Gasteiger partial charge is 0.301 e. The molecule has 0 amide bonds. The second kappa shape index (κ2) is 8.68. The summed E-state index contributed by atoms with van der Waals surface area (Å²) in [6.45, 7) is 4.15. The highest BCUT2D eigenvalue weighted by Gasteiger charge is 2.38. The fourth-order valence-electron chi connectivity index (χ4n) is 1.67. The van der Waals surface area contributed by atoms with Gasteiger partial charge in [-0.2, -0.15) is 0 Å². The van der Waals surface area contributed by atoms with E-state index in [4.69, 9.17) is 9.05 Å². The summed E-state index contributed by atoms with van der Waals surface area (Å²) < 4.78 is 22.1. The van der Waals surface area contributed by atoms with Crippen LogP contribution < -0.4 is 0 Å². The predicted molar refractivity (Wildman–Crippen MR) is 93.0 cm³/mol. The Morgan fingerprint density at radius 2 is 1.73 bits per heavy atom. The summed E-state index contributed by atoms with van der Waals surface area (Å²) in [5, 5.41) is 0. The Bertz CT molecular complexity index is 545. The van der Waals surface area contributed by atoms with Crippen LogP contribution in [0.3, 0.4) is 0 Å². The summed E-state index contributed by atoms with van der Waals surface area (Å²) >= 11 is 0.952. The van der Waals surface area contributed by atoms with E-state index in [0.29, 0.717) is 0 Å². The van der Waals surface area contributed by atoms with Gasteiger partial charge in [-0.1, -0.05) is 36.4 Å². The van der Waals surface area contributed by atoms with Crippen molar-refractivity contribution < 1.29 is 18.4 Å². The molecule has 0 aromatic heterocycles. The second-order valence-electron chi connectivity index (χ2n) is 4.99. The maximum atomic E-state index is 12.5. The van der Waals surface area contributed by atoms with Crippen molar-refractivity contribution in [2.75, 3.05) is 13.2 Å². The van der Waals surface area contributed by atoms with Crippen molar-refractivity contribution in [1.82, 2.24) is 0 Å². The van der Waals surface area contributed by atoms with Crippen LogP contribution in [0.2, 0.25) is 0 Å². The number of carbonyl (C=O) groups is 1. The molecule has 0 N–H and O–H groups in total. The Morgan fingerprint density at radius 1 is 1.18 bits per heavy atom. The van der Waals surface area contributed by atoms with Crippen LogP contribution in [0.4, 0.5) is 0 Å². The molecule has 4 nitrogen and oxygen atoms in total. The van der Waals surface area contributed by atoms with Gasteiger partial charge >= 0.3 is 6.80 Å². The van der Waals surface area contributed by atoms with Gasteiger partial charge in [0.2, 0.25) is 0 Å². The molecule has 0 aliphatic carbocycles. The molecule has 0 saturated heterocycles. The average molecular weight is 342 g/mol. The Hall–Kier alpha value is -0.870. The summed E-state index contributed by atoms with van der Waals surface area (Å²) in [5.74, 6) is -0.138. The molecule has 22 heavy (non-hydrogen) atoms. The molecule has 0 aliphatic heterocycles. The minimum Gasteiger partial charge on any atom is -0.301 e. The molecule has 0 radical (unpaired) electrons. The molecule has 0 spiro atoms. The number of ketones is 1. The minimum atomic E-state index is -3.33. The van der Waals surface area contributed by atoms with Crippen LogP contribution in [0.1, 0.15) is 33.3 Å². The molecule has 1 rings (SSSR count). The highest BCUT2D eigenvalue weighted by molar-refractivity contribution is 8.56. The first kappa shape index (κ1) is 19.2. The SMILES string of the molecule is CCOP(=O)(OCC)SC(C)(C)C(=O)/C=C/c1ccccc1. The molecule has 0 aliphatic rings. The van der Waals surface area contributed by atoms with Gasteiger partial charge < -0.3 is 9.05 Å². The van der Waals surface area contributed by atoms with Crippen molar-refractivity contribution >= 4 is 30.0 Å². The van der Waals surface area contributed by atoms with E-state index in [2.05, 4.69) is 0 Å². The molecule has 1 aromatic carbocycles. The number of hydrogen-bond acceptors (Lipinski definition) is 5.